The van der Waals surface area contributed by atoms with Gasteiger partial charge in [0.25, 0.3) is 0 Å². The minimum Gasteiger partial charge on any atom is -0.379 e. The van der Waals surface area contributed by atoms with Crippen molar-refractivity contribution in [2.45, 2.75) is 24.2 Å². The molecular weight excluding hydrogens is 340 g/mol. The van der Waals surface area contributed by atoms with Crippen LogP contribution in [0.5, 0.6) is 5.75 Å². The quantitative estimate of drug-likeness (QED) is 0.791. The van der Waals surface area contributed by atoms with E-state index in [1.165, 1.54) is 23.3 Å². The monoisotopic (exact) mass is 352 g/mol. The molecular formula is C15H13BrO3S. The molecule has 0 unspecified atom stereocenters. The molecule has 104 valence electrons. The second kappa shape index (κ2) is 5.22. The lowest BCUT2D eigenvalue weighted by atomic mass is 10.1. The normalized spacial score (nSPS) is 14.1. The Kier molecular flexibility index (Phi) is 3.56. The Morgan fingerprint density at radius 1 is 1.00 bits per heavy atom. The first-order valence-corrected chi connectivity index (χ1v) is 8.56. The molecule has 3 nitrogen and oxygen atoms in total. The van der Waals surface area contributed by atoms with Crippen molar-refractivity contribution < 1.29 is 12.6 Å². The van der Waals surface area contributed by atoms with Crippen molar-refractivity contribution in [1.29, 1.82) is 0 Å². The van der Waals surface area contributed by atoms with Gasteiger partial charge in [0.05, 0.1) is 0 Å². The number of hydrogen-bond acceptors (Lipinski definition) is 3. The van der Waals surface area contributed by atoms with Gasteiger partial charge in [0.2, 0.25) is 0 Å². The topological polar surface area (TPSA) is 43.4 Å². The Hall–Kier alpha value is -1.33. The van der Waals surface area contributed by atoms with Crippen molar-refractivity contribution in [3.63, 3.8) is 0 Å². The van der Waals surface area contributed by atoms with Gasteiger partial charge in [-0.25, -0.2) is 0 Å². The molecule has 0 spiro atoms. The summed E-state index contributed by atoms with van der Waals surface area (Å²) in [7, 11) is -3.78. The lowest BCUT2D eigenvalue weighted by Gasteiger charge is -2.08. The molecule has 3 rings (SSSR count). The largest absolute Gasteiger partial charge is 0.379 e. The van der Waals surface area contributed by atoms with E-state index in [9.17, 15) is 8.42 Å². The molecule has 2 aromatic rings. The van der Waals surface area contributed by atoms with Crippen molar-refractivity contribution >= 4 is 26.0 Å². The molecule has 0 heterocycles. The van der Waals surface area contributed by atoms with Gasteiger partial charge in [-0.05, 0) is 60.7 Å². The second-order valence-electron chi connectivity index (χ2n) is 4.78. The molecule has 0 aromatic heterocycles. The maximum Gasteiger partial charge on any atom is 0.339 e. The maximum absolute atomic E-state index is 12.2. The zero-order chi connectivity index (χ0) is 14.2. The fourth-order valence-electron chi connectivity index (χ4n) is 2.40. The first kappa shape index (κ1) is 13.6. The highest BCUT2D eigenvalue weighted by Crippen LogP contribution is 2.28. The average Bonchev–Trinajstić information content (AvgIpc) is 2.85. The highest BCUT2D eigenvalue weighted by atomic mass is 79.9. The zero-order valence-electron chi connectivity index (χ0n) is 10.7. The summed E-state index contributed by atoms with van der Waals surface area (Å²) < 4.78 is 30.3. The van der Waals surface area contributed by atoms with Gasteiger partial charge >= 0.3 is 10.1 Å². The van der Waals surface area contributed by atoms with Crippen molar-refractivity contribution in [3.8, 4) is 5.75 Å². The van der Waals surface area contributed by atoms with Crippen LogP contribution in [0, 0.1) is 0 Å². The van der Waals surface area contributed by atoms with Crippen molar-refractivity contribution in [3.05, 3.63) is 58.1 Å². The zero-order valence-corrected chi connectivity index (χ0v) is 13.1. The van der Waals surface area contributed by atoms with Gasteiger partial charge in [-0.15, -0.1) is 0 Å². The Labute approximate surface area is 126 Å². The summed E-state index contributed by atoms with van der Waals surface area (Å²) in [5.41, 5.74) is 2.48. The summed E-state index contributed by atoms with van der Waals surface area (Å²) in [5.74, 6) is 0.380. The van der Waals surface area contributed by atoms with E-state index < -0.39 is 10.1 Å². The third-order valence-corrected chi connectivity index (χ3v) is 5.10. The summed E-state index contributed by atoms with van der Waals surface area (Å²) in [5, 5.41) is 0. The smallest absolute Gasteiger partial charge is 0.339 e. The molecule has 0 radical (unpaired) electrons. The van der Waals surface area contributed by atoms with Crippen LogP contribution in [0.1, 0.15) is 17.5 Å². The number of benzene rings is 2. The standard InChI is InChI=1S/C15H13BrO3S/c16-13-5-2-6-15(10-13)20(17,18)19-14-8-7-11-3-1-4-12(11)9-14/h2,5-10H,1,3-4H2. The minimum atomic E-state index is -3.78. The Bertz CT molecular complexity index is 753. The van der Waals surface area contributed by atoms with E-state index in [0.717, 1.165) is 19.3 Å². The van der Waals surface area contributed by atoms with Crippen LogP contribution < -0.4 is 4.18 Å². The number of aryl methyl sites for hydroxylation is 2. The van der Waals surface area contributed by atoms with Crippen LogP contribution in [0.3, 0.4) is 0 Å². The molecule has 0 atom stereocenters. The van der Waals surface area contributed by atoms with Crippen LogP contribution >= 0.6 is 15.9 Å². The summed E-state index contributed by atoms with van der Waals surface area (Å²) in [4.78, 5) is 0.146. The molecule has 0 saturated heterocycles. The molecule has 0 aliphatic heterocycles. The van der Waals surface area contributed by atoms with Crippen LogP contribution in [-0.2, 0) is 23.0 Å². The first-order valence-electron chi connectivity index (χ1n) is 6.36. The molecule has 1 aliphatic rings. The van der Waals surface area contributed by atoms with Crippen LogP contribution in [0.25, 0.3) is 0 Å². The molecule has 0 bridgehead atoms. The van der Waals surface area contributed by atoms with E-state index in [2.05, 4.69) is 15.9 Å². The van der Waals surface area contributed by atoms with E-state index in [1.807, 2.05) is 12.1 Å². The van der Waals surface area contributed by atoms with Gasteiger partial charge in [-0.3, -0.25) is 0 Å². The third kappa shape index (κ3) is 2.74. The highest BCUT2D eigenvalue weighted by molar-refractivity contribution is 9.10. The fourth-order valence-corrected chi connectivity index (χ4v) is 3.92. The van der Waals surface area contributed by atoms with E-state index in [0.29, 0.717) is 10.2 Å². The van der Waals surface area contributed by atoms with Crippen molar-refractivity contribution in [2.24, 2.45) is 0 Å². The summed E-state index contributed by atoms with van der Waals surface area (Å²) in [6.07, 6.45) is 3.18. The first-order chi connectivity index (χ1) is 9.54. The van der Waals surface area contributed by atoms with Crippen LogP contribution in [0.2, 0.25) is 0 Å². The van der Waals surface area contributed by atoms with Gasteiger partial charge in [0.15, 0.2) is 0 Å². The van der Waals surface area contributed by atoms with Gasteiger partial charge in [-0.1, -0.05) is 28.1 Å². The molecule has 1 aliphatic carbocycles. The molecule has 0 saturated carbocycles. The number of fused-ring (bicyclic) bond motifs is 1. The molecule has 0 fully saturated rings. The maximum atomic E-state index is 12.2. The number of halogens is 1. The molecule has 20 heavy (non-hydrogen) atoms. The van der Waals surface area contributed by atoms with Crippen molar-refractivity contribution in [2.75, 3.05) is 0 Å². The van der Waals surface area contributed by atoms with E-state index in [-0.39, 0.29) is 4.90 Å². The van der Waals surface area contributed by atoms with E-state index in [4.69, 9.17) is 4.18 Å². The second-order valence-corrected chi connectivity index (χ2v) is 7.24. The third-order valence-electron chi connectivity index (χ3n) is 3.36. The van der Waals surface area contributed by atoms with Gasteiger partial charge in [0, 0.05) is 4.47 Å². The van der Waals surface area contributed by atoms with Crippen LogP contribution in [0.15, 0.2) is 51.8 Å². The fraction of sp³-hybridized carbons (Fsp3) is 0.200. The van der Waals surface area contributed by atoms with Gasteiger partial charge in [-0.2, -0.15) is 8.42 Å². The van der Waals surface area contributed by atoms with E-state index >= 15 is 0 Å². The lowest BCUT2D eigenvalue weighted by Crippen LogP contribution is -2.09. The molecule has 0 N–H and O–H groups in total. The molecule has 5 heteroatoms. The SMILES string of the molecule is O=S(=O)(Oc1ccc2c(c1)CCC2)c1cccc(Br)c1. The van der Waals surface area contributed by atoms with Crippen LogP contribution in [0.4, 0.5) is 0 Å². The lowest BCUT2D eigenvalue weighted by molar-refractivity contribution is 0.485. The van der Waals surface area contributed by atoms with Crippen LogP contribution in [-0.4, -0.2) is 8.42 Å². The minimum absolute atomic E-state index is 0.146. The van der Waals surface area contributed by atoms with Gasteiger partial charge < -0.3 is 4.18 Å². The Balaban J connectivity index is 1.90. The summed E-state index contributed by atoms with van der Waals surface area (Å²) in [6, 6.07) is 12.0. The predicted octanol–water partition coefficient (Wildman–Crippen LogP) is 3.71. The molecule has 0 amide bonds. The Morgan fingerprint density at radius 3 is 2.60 bits per heavy atom. The van der Waals surface area contributed by atoms with Gasteiger partial charge in [0.1, 0.15) is 10.6 Å². The average molecular weight is 353 g/mol. The van der Waals surface area contributed by atoms with Crippen molar-refractivity contribution in [1.82, 2.24) is 0 Å². The number of hydrogen-bond donors (Lipinski definition) is 0. The Morgan fingerprint density at radius 2 is 1.80 bits per heavy atom. The summed E-state index contributed by atoms with van der Waals surface area (Å²) >= 11 is 3.26. The van der Waals surface area contributed by atoms with E-state index in [1.54, 1.807) is 18.2 Å². The summed E-state index contributed by atoms with van der Waals surface area (Å²) in [6.45, 7) is 0. The predicted molar refractivity (Wildman–Crippen MR) is 80.4 cm³/mol. The number of rotatable bonds is 3. The highest BCUT2D eigenvalue weighted by Gasteiger charge is 2.18. The molecule has 2 aromatic carbocycles.